The highest BCUT2D eigenvalue weighted by Crippen LogP contribution is 2.38. The molecular weight excluding hydrogens is 216 g/mol. The molecule has 17 heavy (non-hydrogen) atoms. The maximum atomic E-state index is 8.77. The van der Waals surface area contributed by atoms with Crippen molar-refractivity contribution >= 4 is 16.9 Å². The van der Waals surface area contributed by atoms with Crippen molar-refractivity contribution in [3.8, 4) is 0 Å². The first-order chi connectivity index (χ1) is 8.31. The molecule has 1 aliphatic rings. The van der Waals surface area contributed by atoms with Gasteiger partial charge in [0.15, 0.2) is 0 Å². The quantitative estimate of drug-likeness (QED) is 0.340. The Balaban J connectivity index is 2.22. The van der Waals surface area contributed by atoms with Gasteiger partial charge >= 0.3 is 0 Å². The monoisotopic (exact) mass is 230 g/mol. The van der Waals surface area contributed by atoms with Crippen molar-refractivity contribution in [1.29, 1.82) is 0 Å². The Morgan fingerprint density at radius 3 is 2.82 bits per heavy atom. The molecule has 0 atom stereocenters. The summed E-state index contributed by atoms with van der Waals surface area (Å²) in [6.45, 7) is 0. The van der Waals surface area contributed by atoms with Crippen molar-refractivity contribution in [2.45, 2.75) is 25.2 Å². The van der Waals surface area contributed by atoms with Gasteiger partial charge in [0, 0.05) is 11.3 Å². The van der Waals surface area contributed by atoms with Crippen LogP contribution in [0.5, 0.6) is 0 Å². The summed E-state index contributed by atoms with van der Waals surface area (Å²) in [5, 5.41) is 17.4. The average molecular weight is 230 g/mol. The second-order valence-electron chi connectivity index (χ2n) is 4.40. The summed E-state index contributed by atoms with van der Waals surface area (Å²) >= 11 is 0. The fourth-order valence-corrected chi connectivity index (χ4v) is 2.29. The van der Waals surface area contributed by atoms with Gasteiger partial charge in [0.1, 0.15) is 0 Å². The largest absolute Gasteiger partial charge is 0.408 e. The number of rotatable bonds is 1. The minimum Gasteiger partial charge on any atom is -0.408 e. The molecule has 5 nitrogen and oxygen atoms in total. The number of para-hydroxylation sites is 1. The molecule has 0 unspecified atom stereocenters. The molecule has 1 aliphatic carbocycles. The van der Waals surface area contributed by atoms with Crippen LogP contribution in [0, 0.1) is 0 Å². The topological polar surface area (TPSA) is 76.4 Å². The molecule has 3 N–H and O–H groups in total. The van der Waals surface area contributed by atoms with Gasteiger partial charge in [-0.2, -0.15) is 9.78 Å². The van der Waals surface area contributed by atoms with E-state index in [0.29, 0.717) is 5.92 Å². The van der Waals surface area contributed by atoms with Gasteiger partial charge in [0.25, 0.3) is 5.96 Å². The molecule has 0 spiro atoms. The van der Waals surface area contributed by atoms with Gasteiger partial charge in [0.05, 0.1) is 11.2 Å². The number of benzene rings is 1. The first-order valence-corrected chi connectivity index (χ1v) is 5.77. The van der Waals surface area contributed by atoms with E-state index in [9.17, 15) is 0 Å². The van der Waals surface area contributed by atoms with Crippen LogP contribution in [0.15, 0.2) is 29.4 Å². The highest BCUT2D eigenvalue weighted by Gasteiger charge is 2.25. The number of nitrogens with zero attached hydrogens (tertiary/aromatic N) is 3. The first kappa shape index (κ1) is 10.1. The Hall–Kier alpha value is -2.04. The van der Waals surface area contributed by atoms with Crippen molar-refractivity contribution in [3.63, 3.8) is 0 Å². The van der Waals surface area contributed by atoms with Crippen molar-refractivity contribution in [1.82, 2.24) is 9.78 Å². The summed E-state index contributed by atoms with van der Waals surface area (Å²) < 4.78 is 1.50. The number of oxime groups is 1. The summed E-state index contributed by atoms with van der Waals surface area (Å²) in [7, 11) is 0. The normalized spacial score (nSPS) is 17.3. The molecule has 0 bridgehead atoms. The Morgan fingerprint density at radius 1 is 1.41 bits per heavy atom. The van der Waals surface area contributed by atoms with Crippen LogP contribution in [-0.4, -0.2) is 20.9 Å². The average Bonchev–Trinajstić information content (AvgIpc) is 2.66. The van der Waals surface area contributed by atoms with E-state index in [1.54, 1.807) is 0 Å². The summed E-state index contributed by atoms with van der Waals surface area (Å²) in [5.74, 6) is 0.527. The summed E-state index contributed by atoms with van der Waals surface area (Å²) in [4.78, 5) is 0. The molecule has 2 aromatic rings. The zero-order valence-electron chi connectivity index (χ0n) is 9.37. The second kappa shape index (κ2) is 3.76. The first-order valence-electron chi connectivity index (χ1n) is 5.77. The predicted molar refractivity (Wildman–Crippen MR) is 65.1 cm³/mol. The van der Waals surface area contributed by atoms with Crippen LogP contribution in [0.2, 0.25) is 0 Å². The highest BCUT2D eigenvalue weighted by molar-refractivity contribution is 5.93. The molecule has 3 rings (SSSR count). The third-order valence-electron chi connectivity index (χ3n) is 3.43. The Kier molecular flexibility index (Phi) is 2.24. The SMILES string of the molecule is NC(=NO)n1nc(C2CCC2)c2ccccc21. The molecule has 0 saturated heterocycles. The van der Waals surface area contributed by atoms with Crippen LogP contribution in [-0.2, 0) is 0 Å². The summed E-state index contributed by atoms with van der Waals surface area (Å²) in [6, 6.07) is 7.89. The lowest BCUT2D eigenvalue weighted by Crippen LogP contribution is -2.23. The summed E-state index contributed by atoms with van der Waals surface area (Å²) in [5.41, 5.74) is 7.60. The molecule has 1 aromatic carbocycles. The molecular formula is C12H14N4O. The van der Waals surface area contributed by atoms with Crippen LogP contribution < -0.4 is 5.73 Å². The Labute approximate surface area is 98.5 Å². The number of hydrogen-bond acceptors (Lipinski definition) is 3. The van der Waals surface area contributed by atoms with Crippen molar-refractivity contribution < 1.29 is 5.21 Å². The maximum absolute atomic E-state index is 8.77. The van der Waals surface area contributed by atoms with Gasteiger partial charge in [-0.25, -0.2) is 0 Å². The lowest BCUT2D eigenvalue weighted by atomic mass is 9.82. The van der Waals surface area contributed by atoms with Crippen molar-refractivity contribution in [3.05, 3.63) is 30.0 Å². The highest BCUT2D eigenvalue weighted by atomic mass is 16.4. The molecule has 0 amide bonds. The molecule has 1 fully saturated rings. The van der Waals surface area contributed by atoms with Gasteiger partial charge in [-0.15, -0.1) is 0 Å². The van der Waals surface area contributed by atoms with Crippen LogP contribution >= 0.6 is 0 Å². The van der Waals surface area contributed by atoms with Gasteiger partial charge in [-0.1, -0.05) is 24.6 Å². The third-order valence-corrected chi connectivity index (χ3v) is 3.43. The van der Waals surface area contributed by atoms with Crippen molar-refractivity contribution in [2.24, 2.45) is 10.9 Å². The number of fused-ring (bicyclic) bond motifs is 1. The van der Waals surface area contributed by atoms with E-state index in [-0.39, 0.29) is 5.96 Å². The smallest absolute Gasteiger partial charge is 0.258 e. The fourth-order valence-electron chi connectivity index (χ4n) is 2.29. The van der Waals surface area contributed by atoms with E-state index in [1.807, 2.05) is 24.3 Å². The zero-order chi connectivity index (χ0) is 11.8. The molecule has 5 heteroatoms. The van der Waals surface area contributed by atoms with Gasteiger partial charge < -0.3 is 10.9 Å². The zero-order valence-corrected chi connectivity index (χ0v) is 9.37. The minimum absolute atomic E-state index is 0.00627. The van der Waals surface area contributed by atoms with Crippen LogP contribution in [0.4, 0.5) is 0 Å². The minimum atomic E-state index is 0.00627. The van der Waals surface area contributed by atoms with Gasteiger partial charge in [0.2, 0.25) is 0 Å². The van der Waals surface area contributed by atoms with E-state index < -0.39 is 0 Å². The predicted octanol–water partition coefficient (Wildman–Crippen LogP) is 1.86. The van der Waals surface area contributed by atoms with Crippen LogP contribution in [0.3, 0.4) is 0 Å². The molecule has 1 saturated carbocycles. The number of aromatic nitrogens is 2. The van der Waals surface area contributed by atoms with E-state index >= 15 is 0 Å². The molecule has 0 aliphatic heterocycles. The Morgan fingerprint density at radius 2 is 2.18 bits per heavy atom. The Bertz CT molecular complexity index is 583. The van der Waals surface area contributed by atoms with E-state index in [4.69, 9.17) is 10.9 Å². The second-order valence-corrected chi connectivity index (χ2v) is 4.40. The fraction of sp³-hybridized carbons (Fsp3) is 0.333. The van der Waals surface area contributed by atoms with E-state index in [1.165, 1.54) is 23.9 Å². The molecule has 1 heterocycles. The van der Waals surface area contributed by atoms with Crippen LogP contribution in [0.1, 0.15) is 30.9 Å². The number of hydrogen-bond donors (Lipinski definition) is 2. The van der Waals surface area contributed by atoms with Gasteiger partial charge in [-0.3, -0.25) is 0 Å². The van der Waals surface area contributed by atoms with Crippen LogP contribution in [0.25, 0.3) is 10.9 Å². The molecule has 1 aromatic heterocycles. The van der Waals surface area contributed by atoms with Gasteiger partial charge in [-0.05, 0) is 24.1 Å². The number of nitrogens with two attached hydrogens (primary N) is 1. The van der Waals surface area contributed by atoms with Crippen molar-refractivity contribution in [2.75, 3.05) is 0 Å². The third kappa shape index (κ3) is 1.46. The molecule has 88 valence electrons. The lowest BCUT2D eigenvalue weighted by molar-refractivity contribution is 0.315. The standard InChI is InChI=1S/C12H14N4O/c13-12(15-17)16-10-7-2-1-6-9(10)11(14-16)8-4-3-5-8/h1-2,6-8,17H,3-5H2,(H2,13,15). The summed E-state index contributed by atoms with van der Waals surface area (Å²) in [6.07, 6.45) is 3.61. The molecule has 0 radical (unpaired) electrons. The van der Waals surface area contributed by atoms with E-state index in [0.717, 1.165) is 16.6 Å². The van der Waals surface area contributed by atoms with E-state index in [2.05, 4.69) is 10.3 Å². The lowest BCUT2D eigenvalue weighted by Gasteiger charge is -2.23. The maximum Gasteiger partial charge on any atom is 0.258 e.